The lowest BCUT2D eigenvalue weighted by molar-refractivity contribution is -0.132. The van der Waals surface area contributed by atoms with Crippen LogP contribution >= 0.6 is 0 Å². The van der Waals surface area contributed by atoms with Crippen molar-refractivity contribution in [3.05, 3.63) is 0 Å². The topological polar surface area (TPSA) is 46.5 Å². The highest BCUT2D eigenvalue weighted by Gasteiger charge is 1.83. The van der Waals surface area contributed by atoms with Gasteiger partial charge in [0.05, 0.1) is 0 Å². The van der Waals surface area contributed by atoms with Gasteiger partial charge in [0, 0.05) is 6.92 Å². The molecular formula is C2H6O3Si. The highest BCUT2D eigenvalue weighted by atomic mass is 28.2. The highest BCUT2D eigenvalue weighted by molar-refractivity contribution is 6.20. The van der Waals surface area contributed by atoms with Gasteiger partial charge < -0.3 is 9.22 Å². The predicted molar refractivity (Wildman–Crippen MR) is 22.5 cm³/mol. The minimum Gasteiger partial charge on any atom is -0.500 e. The van der Waals surface area contributed by atoms with E-state index in [1.165, 1.54) is 6.92 Å². The van der Waals surface area contributed by atoms with Gasteiger partial charge in [0.25, 0.3) is 5.97 Å². The van der Waals surface area contributed by atoms with E-state index in [1.807, 2.05) is 0 Å². The molecule has 0 aromatic carbocycles. The summed E-state index contributed by atoms with van der Waals surface area (Å²) < 4.78 is 4.10. The molecular weight excluding hydrogens is 100 g/mol. The molecule has 0 heterocycles. The molecule has 36 valence electrons. The van der Waals surface area contributed by atoms with Gasteiger partial charge in [0.15, 0.2) is 0 Å². The zero-order chi connectivity index (χ0) is 4.99. The second-order valence-electron chi connectivity index (χ2n) is 0.765. The van der Waals surface area contributed by atoms with Crippen molar-refractivity contribution in [3.8, 4) is 0 Å². The highest BCUT2D eigenvalue weighted by Crippen LogP contribution is 1.64. The van der Waals surface area contributed by atoms with Crippen molar-refractivity contribution in [2.24, 2.45) is 0 Å². The fourth-order valence-corrected chi connectivity index (χ4v) is 0.273. The van der Waals surface area contributed by atoms with Gasteiger partial charge in [0.1, 0.15) is 0 Å². The molecule has 0 atom stereocenters. The summed E-state index contributed by atoms with van der Waals surface area (Å²) in [5.74, 6) is -0.399. The van der Waals surface area contributed by atoms with Crippen molar-refractivity contribution < 1.29 is 14.0 Å². The van der Waals surface area contributed by atoms with Crippen molar-refractivity contribution in [3.63, 3.8) is 0 Å². The lowest BCUT2D eigenvalue weighted by Crippen LogP contribution is -2.01. The van der Waals surface area contributed by atoms with Gasteiger partial charge >= 0.3 is 10.0 Å². The Labute approximate surface area is 38.0 Å². The van der Waals surface area contributed by atoms with Gasteiger partial charge in [-0.15, -0.1) is 0 Å². The molecule has 0 amide bonds. The van der Waals surface area contributed by atoms with Crippen LogP contribution in [0.5, 0.6) is 0 Å². The van der Waals surface area contributed by atoms with E-state index in [-0.39, 0.29) is 0 Å². The third kappa shape index (κ3) is 3.65. The average molecular weight is 106 g/mol. The molecule has 0 unspecified atom stereocenters. The van der Waals surface area contributed by atoms with Crippen LogP contribution in [-0.4, -0.2) is 20.8 Å². The van der Waals surface area contributed by atoms with Gasteiger partial charge in [-0.1, -0.05) is 0 Å². The molecule has 0 radical (unpaired) electrons. The van der Waals surface area contributed by atoms with E-state index < -0.39 is 16.0 Å². The Kier molecular flexibility index (Phi) is 2.69. The van der Waals surface area contributed by atoms with Gasteiger partial charge in [-0.3, -0.25) is 4.79 Å². The van der Waals surface area contributed by atoms with Crippen LogP contribution in [0.2, 0.25) is 0 Å². The van der Waals surface area contributed by atoms with Crippen molar-refractivity contribution in [1.82, 2.24) is 0 Å². The zero-order valence-corrected chi connectivity index (χ0v) is 4.89. The molecule has 0 saturated heterocycles. The van der Waals surface area contributed by atoms with E-state index in [9.17, 15) is 4.79 Å². The first kappa shape index (κ1) is 5.65. The molecule has 0 aliphatic rings. The van der Waals surface area contributed by atoms with Gasteiger partial charge in [0.2, 0.25) is 0 Å². The molecule has 3 nitrogen and oxygen atoms in total. The zero-order valence-electron chi connectivity index (χ0n) is 3.47. The standard InChI is InChI=1S/C2H6O3Si/c1-2(3)5-6-4/h4H,6H2,1H3. The van der Waals surface area contributed by atoms with Crippen molar-refractivity contribution >= 4 is 16.0 Å². The number of carbonyl (C=O) groups is 1. The Hall–Kier alpha value is -0.353. The Morgan fingerprint density at radius 2 is 2.50 bits per heavy atom. The van der Waals surface area contributed by atoms with Gasteiger partial charge in [-0.05, 0) is 0 Å². The van der Waals surface area contributed by atoms with Crippen LogP contribution in [0.25, 0.3) is 0 Å². The average Bonchev–Trinajstić information content (AvgIpc) is 1.35. The number of hydrogen-bond acceptors (Lipinski definition) is 3. The third-order valence-electron chi connectivity index (χ3n) is 0.268. The second kappa shape index (κ2) is 2.86. The molecule has 1 N–H and O–H groups in total. The monoisotopic (exact) mass is 106 g/mol. The van der Waals surface area contributed by atoms with Gasteiger partial charge in [-0.25, -0.2) is 0 Å². The molecule has 0 spiro atoms. The largest absolute Gasteiger partial charge is 0.500 e. The summed E-state index contributed by atoms with van der Waals surface area (Å²) in [4.78, 5) is 17.6. The SMILES string of the molecule is CC(=O)O[SiH2]O. The third-order valence-corrected chi connectivity index (χ3v) is 0.803. The molecule has 4 heteroatoms. The van der Waals surface area contributed by atoms with E-state index in [4.69, 9.17) is 4.80 Å². The van der Waals surface area contributed by atoms with E-state index in [0.29, 0.717) is 0 Å². The maximum Gasteiger partial charge on any atom is 0.366 e. The minimum atomic E-state index is -1.48. The van der Waals surface area contributed by atoms with Crippen LogP contribution < -0.4 is 0 Å². The molecule has 0 aliphatic carbocycles. The summed E-state index contributed by atoms with van der Waals surface area (Å²) in [7, 11) is -1.48. The van der Waals surface area contributed by atoms with Crippen molar-refractivity contribution in [2.75, 3.05) is 0 Å². The summed E-state index contributed by atoms with van der Waals surface area (Å²) in [6, 6.07) is 0. The van der Waals surface area contributed by atoms with Crippen LogP contribution in [0.4, 0.5) is 0 Å². The lowest BCUT2D eigenvalue weighted by Gasteiger charge is -1.88. The first-order valence-corrected chi connectivity index (χ1v) is 2.72. The summed E-state index contributed by atoms with van der Waals surface area (Å²) in [5.41, 5.74) is 0. The second-order valence-corrected chi connectivity index (χ2v) is 1.31. The van der Waals surface area contributed by atoms with Gasteiger partial charge in [-0.2, -0.15) is 0 Å². The number of carbonyl (C=O) groups excluding carboxylic acids is 1. The summed E-state index contributed by atoms with van der Waals surface area (Å²) in [6.45, 7) is 1.27. The molecule has 0 bridgehead atoms. The molecule has 0 aliphatic heterocycles. The molecule has 0 rings (SSSR count). The molecule has 6 heavy (non-hydrogen) atoms. The maximum absolute atomic E-state index is 9.70. The minimum absolute atomic E-state index is 0.399. The maximum atomic E-state index is 9.70. The van der Waals surface area contributed by atoms with Crippen LogP contribution in [0.15, 0.2) is 0 Å². The molecule has 0 aromatic rings. The lowest BCUT2D eigenvalue weighted by atomic mass is 10.9. The quantitative estimate of drug-likeness (QED) is 0.416. The predicted octanol–water partition coefficient (Wildman–Crippen LogP) is -1.46. The molecule has 0 aromatic heterocycles. The Morgan fingerprint density at radius 1 is 2.00 bits per heavy atom. The van der Waals surface area contributed by atoms with Crippen molar-refractivity contribution in [1.29, 1.82) is 0 Å². The summed E-state index contributed by atoms with van der Waals surface area (Å²) in [5, 5.41) is 0. The Bertz CT molecular complexity index is 52.8. The van der Waals surface area contributed by atoms with E-state index in [1.54, 1.807) is 0 Å². The first-order valence-electron chi connectivity index (χ1n) is 1.51. The fraction of sp³-hybridized carbons (Fsp3) is 0.500. The van der Waals surface area contributed by atoms with Crippen LogP contribution in [0, 0.1) is 0 Å². The van der Waals surface area contributed by atoms with Crippen molar-refractivity contribution in [2.45, 2.75) is 6.92 Å². The van der Waals surface area contributed by atoms with Crippen LogP contribution in [0.3, 0.4) is 0 Å². The number of hydrogen-bond donors (Lipinski definition) is 1. The normalized spacial score (nSPS) is 9.67. The summed E-state index contributed by atoms with van der Waals surface area (Å²) >= 11 is 0. The summed E-state index contributed by atoms with van der Waals surface area (Å²) in [6.07, 6.45) is 0. The van der Waals surface area contributed by atoms with E-state index >= 15 is 0 Å². The van der Waals surface area contributed by atoms with E-state index in [2.05, 4.69) is 4.43 Å². The number of rotatable bonds is 1. The first-order chi connectivity index (χ1) is 2.77. The Morgan fingerprint density at radius 3 is 2.50 bits per heavy atom. The molecule has 0 fully saturated rings. The fourth-order valence-electron chi connectivity index (χ4n) is 0.0909. The van der Waals surface area contributed by atoms with Crippen LogP contribution in [-0.2, 0) is 9.22 Å². The van der Waals surface area contributed by atoms with E-state index in [0.717, 1.165) is 0 Å². The molecule has 0 saturated carbocycles. The smallest absolute Gasteiger partial charge is 0.366 e. The van der Waals surface area contributed by atoms with Crippen LogP contribution in [0.1, 0.15) is 6.92 Å². The Balaban J connectivity index is 2.83.